The number of piperidine rings is 2. The molecule has 0 spiro atoms. The standard InChI is InChI=1S/C44H50ClN9O5/c1-43(2)41(44(3,4)42(43)59-32-11-7-29(25-46)34(45)24-32)48-38(56)28-5-8-30(9-6-28)52-17-15-27(16-18-52)26-51-19-21-53(22-20-51)31-10-12-35-33(23-31)40(58)54(50-49-35)36-13-14-37(55)47-39(36)57/h5-12,23-24,27,36,41-42H,13-22,26H2,1-4H3,(H,48,56)(H,47,55,57)/t36?,41-,42-. The molecule has 1 aromatic heterocycles. The maximum Gasteiger partial charge on any atom is 0.278 e. The Labute approximate surface area is 348 Å². The van der Waals surface area contributed by atoms with Crippen LogP contribution in [0.25, 0.3) is 10.9 Å². The number of nitrogens with zero attached hydrogens (tertiary/aromatic N) is 7. The van der Waals surface area contributed by atoms with E-state index in [0.717, 1.165) is 74.7 Å². The van der Waals surface area contributed by atoms with Gasteiger partial charge in [-0.1, -0.05) is 44.5 Å². The van der Waals surface area contributed by atoms with Crippen LogP contribution in [0.3, 0.4) is 0 Å². The number of carbonyl (C=O) groups is 3. The first-order chi connectivity index (χ1) is 28.2. The van der Waals surface area contributed by atoms with E-state index in [9.17, 15) is 24.4 Å². The van der Waals surface area contributed by atoms with E-state index in [-0.39, 0.29) is 53.2 Å². The Morgan fingerprint density at radius 3 is 2.24 bits per heavy atom. The van der Waals surface area contributed by atoms with E-state index in [1.165, 1.54) is 0 Å². The van der Waals surface area contributed by atoms with Gasteiger partial charge < -0.3 is 19.9 Å². The zero-order valence-corrected chi connectivity index (χ0v) is 34.7. The number of halogens is 1. The first-order valence-electron chi connectivity index (χ1n) is 20.5. The summed E-state index contributed by atoms with van der Waals surface area (Å²) in [6.45, 7) is 14.9. The summed E-state index contributed by atoms with van der Waals surface area (Å²) in [6.07, 6.45) is 2.39. The highest BCUT2D eigenvalue weighted by molar-refractivity contribution is 6.31. The first-order valence-corrected chi connectivity index (χ1v) is 20.8. The van der Waals surface area contributed by atoms with Crippen molar-refractivity contribution >= 4 is 51.6 Å². The van der Waals surface area contributed by atoms with Crippen LogP contribution < -0.4 is 30.7 Å². The minimum atomic E-state index is -0.853. The van der Waals surface area contributed by atoms with E-state index in [4.69, 9.17) is 16.3 Å². The lowest BCUT2D eigenvalue weighted by atomic mass is 9.49. The number of rotatable bonds is 9. The molecule has 4 aliphatic rings. The molecule has 3 aromatic carbocycles. The predicted octanol–water partition coefficient (Wildman–Crippen LogP) is 4.94. The molecule has 2 N–H and O–H groups in total. The third-order valence-electron chi connectivity index (χ3n) is 13.0. The van der Waals surface area contributed by atoms with E-state index in [2.05, 4.69) is 81.5 Å². The highest BCUT2D eigenvalue weighted by Crippen LogP contribution is 2.55. The van der Waals surface area contributed by atoms with Crippen molar-refractivity contribution in [2.24, 2.45) is 16.7 Å². The van der Waals surface area contributed by atoms with Crippen molar-refractivity contribution in [3.8, 4) is 11.8 Å². The minimum Gasteiger partial charge on any atom is -0.489 e. The van der Waals surface area contributed by atoms with Crippen LogP contribution in [0, 0.1) is 28.1 Å². The van der Waals surface area contributed by atoms with E-state index in [0.29, 0.717) is 38.7 Å². The van der Waals surface area contributed by atoms with Gasteiger partial charge in [0.15, 0.2) is 0 Å². The van der Waals surface area contributed by atoms with Crippen LogP contribution in [0.5, 0.6) is 5.75 Å². The molecule has 3 saturated heterocycles. The Hall–Kier alpha value is -5.52. The van der Waals surface area contributed by atoms with E-state index in [1.807, 2.05) is 24.3 Å². The Bertz CT molecular complexity index is 2360. The van der Waals surface area contributed by atoms with Gasteiger partial charge in [-0.05, 0) is 79.8 Å². The van der Waals surface area contributed by atoms with Crippen LogP contribution in [0.2, 0.25) is 5.02 Å². The van der Waals surface area contributed by atoms with Gasteiger partial charge in [0.2, 0.25) is 5.91 Å². The second-order valence-electron chi connectivity index (χ2n) is 17.6. The van der Waals surface area contributed by atoms with Crippen LogP contribution in [0.4, 0.5) is 11.4 Å². The summed E-state index contributed by atoms with van der Waals surface area (Å²) in [6, 6.07) is 19.7. The number of nitrogens with one attached hydrogen (secondary N) is 2. The summed E-state index contributed by atoms with van der Waals surface area (Å²) in [4.78, 5) is 58.2. The number of fused-ring (bicyclic) bond motifs is 1. The highest BCUT2D eigenvalue weighted by atomic mass is 35.5. The molecule has 14 nitrogen and oxygen atoms in total. The summed E-state index contributed by atoms with van der Waals surface area (Å²) in [7, 11) is 0. The number of aromatic nitrogens is 3. The number of piperazine rings is 1. The molecule has 4 aromatic rings. The van der Waals surface area contributed by atoms with Gasteiger partial charge in [-0.2, -0.15) is 9.94 Å². The lowest BCUT2D eigenvalue weighted by Gasteiger charge is -2.63. The fraction of sp³-hybridized carbons (Fsp3) is 0.477. The van der Waals surface area contributed by atoms with Crippen LogP contribution in [-0.2, 0) is 9.59 Å². The SMILES string of the molecule is CC1(C)[C@H](NC(=O)c2ccc(N3CCC(CN4CCN(c5ccc6nnn(C7CCC(=O)NC7=O)c(=O)c6c5)CC4)CC3)cc2)C(C)(C)[C@H]1Oc1ccc(C#N)c(Cl)c1. The largest absolute Gasteiger partial charge is 0.489 e. The first kappa shape index (κ1) is 40.3. The average Bonchev–Trinajstić information content (AvgIpc) is 3.23. The second kappa shape index (κ2) is 15.9. The summed E-state index contributed by atoms with van der Waals surface area (Å²) < 4.78 is 7.49. The fourth-order valence-corrected chi connectivity index (χ4v) is 10.1. The average molecular weight is 820 g/mol. The van der Waals surface area contributed by atoms with Crippen molar-refractivity contribution in [2.75, 3.05) is 55.6 Å². The maximum atomic E-state index is 13.5. The van der Waals surface area contributed by atoms with Crippen molar-refractivity contribution in [1.29, 1.82) is 5.26 Å². The van der Waals surface area contributed by atoms with Gasteiger partial charge in [0.05, 0.1) is 16.0 Å². The molecule has 308 valence electrons. The third-order valence-corrected chi connectivity index (χ3v) is 13.3. The molecule has 1 aliphatic carbocycles. The number of nitriles is 1. The van der Waals surface area contributed by atoms with Gasteiger partial charge in [-0.25, -0.2) is 0 Å². The molecule has 1 atom stereocenters. The molecule has 4 heterocycles. The Morgan fingerprint density at radius 2 is 1.58 bits per heavy atom. The van der Waals surface area contributed by atoms with Gasteiger partial charge in [-0.15, -0.1) is 5.10 Å². The normalized spacial score (nSPS) is 23.3. The van der Waals surface area contributed by atoms with E-state index in [1.54, 1.807) is 24.3 Å². The van der Waals surface area contributed by atoms with Gasteiger partial charge >= 0.3 is 0 Å². The Balaban J connectivity index is 0.802. The topological polar surface area (TPSA) is 166 Å². The third kappa shape index (κ3) is 7.85. The molecule has 59 heavy (non-hydrogen) atoms. The van der Waals surface area contributed by atoms with Crippen molar-refractivity contribution in [3.63, 3.8) is 0 Å². The second-order valence-corrected chi connectivity index (χ2v) is 18.0. The fourth-order valence-electron chi connectivity index (χ4n) is 9.92. The van der Waals surface area contributed by atoms with Gasteiger partial charge in [0, 0.05) is 92.1 Å². The van der Waals surface area contributed by atoms with Crippen molar-refractivity contribution < 1.29 is 19.1 Å². The van der Waals surface area contributed by atoms with Gasteiger partial charge in [0.1, 0.15) is 29.5 Å². The van der Waals surface area contributed by atoms with Crippen LogP contribution in [-0.4, -0.2) is 95.6 Å². The Kier molecular flexibility index (Phi) is 10.9. The highest BCUT2D eigenvalue weighted by Gasteiger charge is 2.64. The zero-order valence-electron chi connectivity index (χ0n) is 33.9. The predicted molar refractivity (Wildman–Crippen MR) is 225 cm³/mol. The summed E-state index contributed by atoms with van der Waals surface area (Å²) in [5.41, 5.74) is 2.48. The number of anilines is 2. The van der Waals surface area contributed by atoms with Crippen LogP contribution in [0.15, 0.2) is 65.5 Å². The number of carbonyl (C=O) groups excluding carboxylic acids is 3. The molecule has 1 unspecified atom stereocenters. The molecule has 4 fully saturated rings. The van der Waals surface area contributed by atoms with Crippen molar-refractivity contribution in [1.82, 2.24) is 30.5 Å². The molecule has 8 rings (SSSR count). The van der Waals surface area contributed by atoms with E-state index < -0.39 is 11.9 Å². The van der Waals surface area contributed by atoms with E-state index >= 15 is 0 Å². The van der Waals surface area contributed by atoms with Crippen LogP contribution >= 0.6 is 11.6 Å². The summed E-state index contributed by atoms with van der Waals surface area (Å²) >= 11 is 6.26. The number of amides is 3. The molecular formula is C44H50ClN9O5. The number of hydrogen-bond donors (Lipinski definition) is 2. The van der Waals surface area contributed by atoms with Gasteiger partial charge in [-0.3, -0.25) is 29.4 Å². The molecule has 3 amide bonds. The quantitative estimate of drug-likeness (QED) is 0.220. The van der Waals surface area contributed by atoms with Crippen molar-refractivity contribution in [3.05, 3.63) is 87.2 Å². The lowest BCUT2D eigenvalue weighted by molar-refractivity contribution is -0.164. The Morgan fingerprint density at radius 1 is 0.898 bits per heavy atom. The number of hydrogen-bond acceptors (Lipinski definition) is 11. The van der Waals surface area contributed by atoms with Gasteiger partial charge in [0.25, 0.3) is 17.4 Å². The van der Waals surface area contributed by atoms with Crippen molar-refractivity contribution in [2.45, 2.75) is 71.6 Å². The minimum absolute atomic E-state index is 0.107. The molecule has 15 heteroatoms. The summed E-state index contributed by atoms with van der Waals surface area (Å²) in [5.74, 6) is 0.220. The molecule has 0 radical (unpaired) electrons. The van der Waals surface area contributed by atoms with Crippen LogP contribution in [0.1, 0.15) is 75.3 Å². The molecule has 3 aliphatic heterocycles. The molecule has 0 bridgehead atoms. The number of ether oxygens (including phenoxy) is 1. The zero-order chi connectivity index (χ0) is 41.6. The lowest BCUT2D eigenvalue weighted by Crippen LogP contribution is -2.74. The summed E-state index contributed by atoms with van der Waals surface area (Å²) in [5, 5.41) is 23.8. The molecular weight excluding hydrogens is 770 g/mol. The molecule has 1 saturated carbocycles. The monoisotopic (exact) mass is 819 g/mol. The number of benzene rings is 3. The number of imide groups is 1. The maximum absolute atomic E-state index is 13.5. The smallest absolute Gasteiger partial charge is 0.278 e.